The maximum absolute atomic E-state index is 3.41. The summed E-state index contributed by atoms with van der Waals surface area (Å²) in [5.74, 6) is 0. The summed E-state index contributed by atoms with van der Waals surface area (Å²) in [5, 5.41) is 3.41. The van der Waals surface area contributed by atoms with E-state index in [2.05, 4.69) is 31.1 Å². The molecule has 0 amide bonds. The fraction of sp³-hybridized carbons (Fsp3) is 1.00. The van der Waals surface area contributed by atoms with Gasteiger partial charge in [0.25, 0.3) is 0 Å². The smallest absolute Gasteiger partial charge is 0.0192 e. The monoisotopic (exact) mass is 184 g/mol. The van der Waals surface area contributed by atoms with E-state index in [0.29, 0.717) is 6.04 Å². The minimum Gasteiger partial charge on any atom is -0.315 e. The Balaban J connectivity index is 2.23. The van der Waals surface area contributed by atoms with Crippen molar-refractivity contribution in [2.75, 3.05) is 20.1 Å². The molecule has 1 atom stereocenters. The number of hydrogen-bond donors (Lipinski definition) is 1. The van der Waals surface area contributed by atoms with Crippen LogP contribution in [0, 0.1) is 0 Å². The molecule has 1 aliphatic rings. The number of nitrogens with one attached hydrogen (secondary N) is 1. The third-order valence-corrected chi connectivity index (χ3v) is 3.29. The molecule has 0 heterocycles. The first-order valence-corrected chi connectivity index (χ1v) is 5.68. The summed E-state index contributed by atoms with van der Waals surface area (Å²) in [6.07, 6.45) is 5.69. The molecule has 13 heavy (non-hydrogen) atoms. The Morgan fingerprint density at radius 2 is 2.00 bits per heavy atom. The first-order chi connectivity index (χ1) is 6.25. The van der Waals surface area contributed by atoms with Crippen LogP contribution in [-0.4, -0.2) is 37.1 Å². The zero-order chi connectivity index (χ0) is 9.68. The first-order valence-electron chi connectivity index (χ1n) is 5.68. The van der Waals surface area contributed by atoms with E-state index in [9.17, 15) is 0 Å². The van der Waals surface area contributed by atoms with Crippen LogP contribution < -0.4 is 5.32 Å². The lowest BCUT2D eigenvalue weighted by atomic mass is 10.1. The lowest BCUT2D eigenvalue weighted by molar-refractivity contribution is 0.183. The van der Waals surface area contributed by atoms with Gasteiger partial charge in [-0.15, -0.1) is 0 Å². The number of nitrogens with zero attached hydrogens (tertiary/aromatic N) is 1. The van der Waals surface area contributed by atoms with Gasteiger partial charge in [-0.1, -0.05) is 19.8 Å². The van der Waals surface area contributed by atoms with Gasteiger partial charge in [-0.25, -0.2) is 0 Å². The molecule has 0 aromatic heterocycles. The highest BCUT2D eigenvalue weighted by Gasteiger charge is 2.22. The van der Waals surface area contributed by atoms with Gasteiger partial charge in [0.2, 0.25) is 0 Å². The number of rotatable bonds is 5. The molecule has 0 aliphatic heterocycles. The molecule has 1 fully saturated rings. The number of likely N-dealkylation sites (N-methyl/N-ethyl adjacent to an activating group) is 2. The van der Waals surface area contributed by atoms with Crippen LogP contribution in [0.2, 0.25) is 0 Å². The zero-order valence-corrected chi connectivity index (χ0v) is 9.34. The largest absolute Gasteiger partial charge is 0.315 e. The average Bonchev–Trinajstić information content (AvgIpc) is 2.65. The molecule has 0 spiro atoms. The zero-order valence-electron chi connectivity index (χ0n) is 9.34. The van der Waals surface area contributed by atoms with Crippen molar-refractivity contribution < 1.29 is 0 Å². The van der Waals surface area contributed by atoms with Crippen LogP contribution in [0.15, 0.2) is 0 Å². The summed E-state index contributed by atoms with van der Waals surface area (Å²) in [5.41, 5.74) is 0. The topological polar surface area (TPSA) is 15.3 Å². The Labute approximate surface area is 82.7 Å². The SMILES string of the molecule is CCNCC(C)N(C)C1CCCC1. The van der Waals surface area contributed by atoms with Gasteiger partial charge >= 0.3 is 0 Å². The molecule has 1 N–H and O–H groups in total. The van der Waals surface area contributed by atoms with E-state index in [0.717, 1.165) is 19.1 Å². The maximum atomic E-state index is 3.41. The molecular weight excluding hydrogens is 160 g/mol. The summed E-state index contributed by atoms with van der Waals surface area (Å²) in [6, 6.07) is 1.54. The minimum atomic E-state index is 0.683. The van der Waals surface area contributed by atoms with E-state index in [1.807, 2.05) is 0 Å². The molecular formula is C11H24N2. The molecule has 1 rings (SSSR count). The Hall–Kier alpha value is -0.0800. The van der Waals surface area contributed by atoms with Gasteiger partial charge in [-0.2, -0.15) is 0 Å². The first kappa shape index (κ1) is 11.0. The van der Waals surface area contributed by atoms with Crippen molar-refractivity contribution in [3.63, 3.8) is 0 Å². The summed E-state index contributed by atoms with van der Waals surface area (Å²) < 4.78 is 0. The standard InChI is InChI=1S/C11H24N2/c1-4-12-9-10(2)13(3)11-7-5-6-8-11/h10-12H,4-9H2,1-3H3. The van der Waals surface area contributed by atoms with Crippen molar-refractivity contribution in [3.05, 3.63) is 0 Å². The van der Waals surface area contributed by atoms with Gasteiger partial charge in [0, 0.05) is 18.6 Å². The third-order valence-electron chi connectivity index (χ3n) is 3.29. The van der Waals surface area contributed by atoms with Crippen LogP contribution in [-0.2, 0) is 0 Å². The Morgan fingerprint density at radius 1 is 1.38 bits per heavy atom. The molecule has 0 aromatic rings. The quantitative estimate of drug-likeness (QED) is 0.701. The van der Waals surface area contributed by atoms with E-state index >= 15 is 0 Å². The summed E-state index contributed by atoms with van der Waals surface area (Å²) >= 11 is 0. The third kappa shape index (κ3) is 3.28. The van der Waals surface area contributed by atoms with Gasteiger partial charge < -0.3 is 5.32 Å². The van der Waals surface area contributed by atoms with Crippen molar-refractivity contribution in [1.82, 2.24) is 10.2 Å². The molecule has 0 radical (unpaired) electrons. The van der Waals surface area contributed by atoms with E-state index < -0.39 is 0 Å². The maximum Gasteiger partial charge on any atom is 0.0192 e. The van der Waals surface area contributed by atoms with Crippen LogP contribution >= 0.6 is 0 Å². The van der Waals surface area contributed by atoms with E-state index in [-0.39, 0.29) is 0 Å². The molecule has 0 bridgehead atoms. The van der Waals surface area contributed by atoms with E-state index in [4.69, 9.17) is 0 Å². The van der Waals surface area contributed by atoms with Crippen LogP contribution in [0.5, 0.6) is 0 Å². The Morgan fingerprint density at radius 3 is 2.54 bits per heavy atom. The lowest BCUT2D eigenvalue weighted by Crippen LogP contribution is -2.42. The van der Waals surface area contributed by atoms with Crippen LogP contribution in [0.1, 0.15) is 39.5 Å². The second-order valence-corrected chi connectivity index (χ2v) is 4.26. The minimum absolute atomic E-state index is 0.683. The van der Waals surface area contributed by atoms with Gasteiger partial charge in [-0.3, -0.25) is 4.90 Å². The van der Waals surface area contributed by atoms with E-state index in [1.54, 1.807) is 0 Å². The van der Waals surface area contributed by atoms with Crippen molar-refractivity contribution in [2.45, 2.75) is 51.6 Å². The average molecular weight is 184 g/mol. The van der Waals surface area contributed by atoms with Crippen molar-refractivity contribution in [2.24, 2.45) is 0 Å². The summed E-state index contributed by atoms with van der Waals surface area (Å²) in [6.45, 7) is 6.70. The molecule has 78 valence electrons. The number of hydrogen-bond acceptors (Lipinski definition) is 2. The predicted octanol–water partition coefficient (Wildman–Crippen LogP) is 1.86. The van der Waals surface area contributed by atoms with Crippen LogP contribution in [0.3, 0.4) is 0 Å². The summed E-state index contributed by atoms with van der Waals surface area (Å²) in [4.78, 5) is 2.55. The van der Waals surface area contributed by atoms with Gasteiger partial charge in [0.05, 0.1) is 0 Å². The second-order valence-electron chi connectivity index (χ2n) is 4.26. The molecule has 0 saturated heterocycles. The normalized spacial score (nSPS) is 21.2. The Kier molecular flexibility index (Phi) is 4.74. The highest BCUT2D eigenvalue weighted by Crippen LogP contribution is 2.23. The molecule has 1 saturated carbocycles. The van der Waals surface area contributed by atoms with Gasteiger partial charge in [-0.05, 0) is 33.4 Å². The van der Waals surface area contributed by atoms with Crippen LogP contribution in [0.4, 0.5) is 0 Å². The Bertz CT molecular complexity index is 130. The van der Waals surface area contributed by atoms with Crippen molar-refractivity contribution in [3.8, 4) is 0 Å². The van der Waals surface area contributed by atoms with Crippen molar-refractivity contribution in [1.29, 1.82) is 0 Å². The second kappa shape index (κ2) is 5.61. The van der Waals surface area contributed by atoms with E-state index in [1.165, 1.54) is 25.7 Å². The fourth-order valence-corrected chi connectivity index (χ4v) is 2.17. The molecule has 2 heteroatoms. The highest BCUT2D eigenvalue weighted by molar-refractivity contribution is 4.79. The highest BCUT2D eigenvalue weighted by atomic mass is 15.2. The predicted molar refractivity (Wildman–Crippen MR) is 58.0 cm³/mol. The van der Waals surface area contributed by atoms with Gasteiger partial charge in [0.15, 0.2) is 0 Å². The van der Waals surface area contributed by atoms with Crippen LogP contribution in [0.25, 0.3) is 0 Å². The fourth-order valence-electron chi connectivity index (χ4n) is 2.17. The van der Waals surface area contributed by atoms with Crippen molar-refractivity contribution >= 4 is 0 Å². The van der Waals surface area contributed by atoms with Gasteiger partial charge in [0.1, 0.15) is 0 Å². The molecule has 0 aromatic carbocycles. The molecule has 1 unspecified atom stereocenters. The summed E-state index contributed by atoms with van der Waals surface area (Å²) in [7, 11) is 2.28. The lowest BCUT2D eigenvalue weighted by Gasteiger charge is -2.30. The molecule has 2 nitrogen and oxygen atoms in total. The molecule has 1 aliphatic carbocycles.